The number of hydrogen-bond donors (Lipinski definition) is 2. The van der Waals surface area contributed by atoms with Gasteiger partial charge in [0.25, 0.3) is 0 Å². The SMILES string of the molecule is CCNCc1cc(NC2CC2)ccn1. The number of rotatable bonds is 5. The standard InChI is InChI=1S/C11H17N3/c1-2-12-8-11-7-10(5-6-13-11)14-9-3-4-9/h5-7,9,12H,2-4,8H2,1H3,(H,13,14). The van der Waals surface area contributed by atoms with Crippen molar-refractivity contribution < 1.29 is 0 Å². The Hall–Kier alpha value is -1.09. The third kappa shape index (κ3) is 2.70. The zero-order valence-electron chi connectivity index (χ0n) is 8.59. The largest absolute Gasteiger partial charge is 0.382 e. The van der Waals surface area contributed by atoms with Crippen LogP contribution in [0.1, 0.15) is 25.5 Å². The van der Waals surface area contributed by atoms with E-state index in [1.54, 1.807) is 0 Å². The highest BCUT2D eigenvalue weighted by atomic mass is 15.0. The average molecular weight is 191 g/mol. The maximum Gasteiger partial charge on any atom is 0.0562 e. The summed E-state index contributed by atoms with van der Waals surface area (Å²) in [4.78, 5) is 4.30. The van der Waals surface area contributed by atoms with Crippen molar-refractivity contribution in [2.75, 3.05) is 11.9 Å². The summed E-state index contributed by atoms with van der Waals surface area (Å²) in [5.74, 6) is 0. The first-order valence-corrected chi connectivity index (χ1v) is 5.30. The Bertz CT molecular complexity index is 294. The molecule has 1 aromatic heterocycles. The van der Waals surface area contributed by atoms with Crippen molar-refractivity contribution in [1.82, 2.24) is 10.3 Å². The molecule has 1 saturated carbocycles. The van der Waals surface area contributed by atoms with E-state index in [4.69, 9.17) is 0 Å². The first-order chi connectivity index (χ1) is 6.88. The van der Waals surface area contributed by atoms with Crippen molar-refractivity contribution >= 4 is 5.69 Å². The smallest absolute Gasteiger partial charge is 0.0562 e. The summed E-state index contributed by atoms with van der Waals surface area (Å²) in [6.45, 7) is 3.95. The van der Waals surface area contributed by atoms with Crippen LogP contribution in [0.3, 0.4) is 0 Å². The van der Waals surface area contributed by atoms with Crippen molar-refractivity contribution in [2.24, 2.45) is 0 Å². The third-order valence-corrected chi connectivity index (χ3v) is 2.32. The van der Waals surface area contributed by atoms with E-state index in [9.17, 15) is 0 Å². The summed E-state index contributed by atoms with van der Waals surface area (Å²) in [6.07, 6.45) is 4.49. The molecule has 0 saturated heterocycles. The van der Waals surface area contributed by atoms with Gasteiger partial charge in [0, 0.05) is 24.5 Å². The fraction of sp³-hybridized carbons (Fsp3) is 0.545. The number of nitrogens with one attached hydrogen (secondary N) is 2. The summed E-state index contributed by atoms with van der Waals surface area (Å²) in [5.41, 5.74) is 2.31. The summed E-state index contributed by atoms with van der Waals surface area (Å²) < 4.78 is 0. The number of aromatic nitrogens is 1. The van der Waals surface area contributed by atoms with Gasteiger partial charge in [-0.3, -0.25) is 4.98 Å². The summed E-state index contributed by atoms with van der Waals surface area (Å²) in [7, 11) is 0. The van der Waals surface area contributed by atoms with Gasteiger partial charge < -0.3 is 10.6 Å². The molecule has 0 atom stereocenters. The van der Waals surface area contributed by atoms with Crippen LogP contribution >= 0.6 is 0 Å². The second kappa shape index (κ2) is 4.42. The Kier molecular flexibility index (Phi) is 2.99. The van der Waals surface area contributed by atoms with Crippen LogP contribution in [0.5, 0.6) is 0 Å². The molecular weight excluding hydrogens is 174 g/mol. The predicted octanol–water partition coefficient (Wildman–Crippen LogP) is 1.77. The lowest BCUT2D eigenvalue weighted by Crippen LogP contribution is -2.13. The van der Waals surface area contributed by atoms with Gasteiger partial charge in [-0.05, 0) is 31.5 Å². The van der Waals surface area contributed by atoms with Gasteiger partial charge in [0.05, 0.1) is 5.69 Å². The number of hydrogen-bond acceptors (Lipinski definition) is 3. The monoisotopic (exact) mass is 191 g/mol. The van der Waals surface area contributed by atoms with Crippen LogP contribution in [0, 0.1) is 0 Å². The van der Waals surface area contributed by atoms with E-state index in [2.05, 4.69) is 28.6 Å². The van der Waals surface area contributed by atoms with Crippen molar-refractivity contribution in [1.29, 1.82) is 0 Å². The molecule has 0 unspecified atom stereocenters. The highest BCUT2D eigenvalue weighted by Crippen LogP contribution is 2.24. The second-order valence-corrected chi connectivity index (χ2v) is 3.73. The van der Waals surface area contributed by atoms with E-state index in [0.717, 1.165) is 18.8 Å². The van der Waals surface area contributed by atoms with Gasteiger partial charge in [0.15, 0.2) is 0 Å². The van der Waals surface area contributed by atoms with E-state index in [0.29, 0.717) is 6.04 Å². The highest BCUT2D eigenvalue weighted by Gasteiger charge is 2.20. The molecule has 0 spiro atoms. The molecule has 1 aromatic rings. The molecule has 0 amide bonds. The zero-order chi connectivity index (χ0) is 9.80. The maximum atomic E-state index is 4.30. The summed E-state index contributed by atoms with van der Waals surface area (Å²) in [6, 6.07) is 4.87. The molecule has 2 rings (SSSR count). The molecule has 1 heterocycles. The molecule has 1 aliphatic carbocycles. The van der Waals surface area contributed by atoms with Crippen LogP contribution in [0.2, 0.25) is 0 Å². The Morgan fingerprint density at radius 2 is 2.36 bits per heavy atom. The van der Waals surface area contributed by atoms with Gasteiger partial charge in [-0.2, -0.15) is 0 Å². The molecule has 14 heavy (non-hydrogen) atoms. The molecule has 76 valence electrons. The van der Waals surface area contributed by atoms with E-state index in [-0.39, 0.29) is 0 Å². The minimum atomic E-state index is 0.712. The number of anilines is 1. The van der Waals surface area contributed by atoms with Gasteiger partial charge in [-0.25, -0.2) is 0 Å². The number of nitrogens with zero attached hydrogens (tertiary/aromatic N) is 1. The first-order valence-electron chi connectivity index (χ1n) is 5.30. The third-order valence-electron chi connectivity index (χ3n) is 2.32. The quantitative estimate of drug-likeness (QED) is 0.744. The lowest BCUT2D eigenvalue weighted by atomic mass is 10.3. The Morgan fingerprint density at radius 3 is 3.07 bits per heavy atom. The second-order valence-electron chi connectivity index (χ2n) is 3.73. The van der Waals surface area contributed by atoms with Crippen LogP contribution in [-0.2, 0) is 6.54 Å². The van der Waals surface area contributed by atoms with Crippen molar-refractivity contribution in [2.45, 2.75) is 32.4 Å². The van der Waals surface area contributed by atoms with Crippen LogP contribution in [0.4, 0.5) is 5.69 Å². The van der Waals surface area contributed by atoms with Gasteiger partial charge in [0.2, 0.25) is 0 Å². The van der Waals surface area contributed by atoms with Crippen molar-refractivity contribution in [3.8, 4) is 0 Å². The van der Waals surface area contributed by atoms with Crippen LogP contribution < -0.4 is 10.6 Å². The van der Waals surface area contributed by atoms with E-state index < -0.39 is 0 Å². The van der Waals surface area contributed by atoms with Crippen molar-refractivity contribution in [3.05, 3.63) is 24.0 Å². The molecule has 2 N–H and O–H groups in total. The van der Waals surface area contributed by atoms with Gasteiger partial charge in [-0.1, -0.05) is 6.92 Å². The topological polar surface area (TPSA) is 37.0 Å². The zero-order valence-corrected chi connectivity index (χ0v) is 8.59. The van der Waals surface area contributed by atoms with Crippen molar-refractivity contribution in [3.63, 3.8) is 0 Å². The molecule has 1 fully saturated rings. The summed E-state index contributed by atoms with van der Waals surface area (Å²) >= 11 is 0. The predicted molar refractivity (Wildman–Crippen MR) is 58.3 cm³/mol. The Labute approximate surface area is 84.9 Å². The average Bonchev–Trinajstić information content (AvgIpc) is 2.99. The van der Waals surface area contributed by atoms with E-state index in [1.807, 2.05) is 12.3 Å². The lowest BCUT2D eigenvalue weighted by molar-refractivity contribution is 0.711. The minimum absolute atomic E-state index is 0.712. The normalized spacial score (nSPS) is 15.5. The molecule has 3 nitrogen and oxygen atoms in total. The van der Waals surface area contributed by atoms with Gasteiger partial charge >= 0.3 is 0 Å². The Morgan fingerprint density at radius 1 is 1.50 bits per heavy atom. The van der Waals surface area contributed by atoms with Gasteiger partial charge in [-0.15, -0.1) is 0 Å². The Balaban J connectivity index is 1.94. The number of pyridine rings is 1. The molecular formula is C11H17N3. The maximum absolute atomic E-state index is 4.30. The summed E-state index contributed by atoms with van der Waals surface area (Å²) in [5, 5.41) is 6.74. The van der Waals surface area contributed by atoms with E-state index >= 15 is 0 Å². The van der Waals surface area contributed by atoms with Crippen LogP contribution in [-0.4, -0.2) is 17.6 Å². The first kappa shape index (κ1) is 9.46. The molecule has 0 radical (unpaired) electrons. The molecule has 1 aliphatic rings. The fourth-order valence-corrected chi connectivity index (χ4v) is 1.38. The minimum Gasteiger partial charge on any atom is -0.382 e. The van der Waals surface area contributed by atoms with Crippen LogP contribution in [0.25, 0.3) is 0 Å². The molecule has 0 aromatic carbocycles. The fourth-order valence-electron chi connectivity index (χ4n) is 1.38. The van der Waals surface area contributed by atoms with Gasteiger partial charge in [0.1, 0.15) is 0 Å². The van der Waals surface area contributed by atoms with Crippen LogP contribution in [0.15, 0.2) is 18.3 Å². The molecule has 3 heteroatoms. The molecule has 0 bridgehead atoms. The highest BCUT2D eigenvalue weighted by molar-refractivity contribution is 5.45. The lowest BCUT2D eigenvalue weighted by Gasteiger charge is -2.06. The van der Waals surface area contributed by atoms with E-state index in [1.165, 1.54) is 18.5 Å². The molecule has 0 aliphatic heterocycles.